The van der Waals surface area contributed by atoms with Crippen LogP contribution in [0.15, 0.2) is 22.9 Å². The van der Waals surface area contributed by atoms with E-state index in [2.05, 4.69) is 31.9 Å². The molecule has 16 heavy (non-hydrogen) atoms. The van der Waals surface area contributed by atoms with Crippen molar-refractivity contribution in [2.24, 2.45) is 0 Å². The Bertz CT molecular complexity index is 346. The predicted octanol–water partition coefficient (Wildman–Crippen LogP) is 2.59. The van der Waals surface area contributed by atoms with E-state index in [0.717, 1.165) is 23.1 Å². The first-order chi connectivity index (χ1) is 7.81. The molecule has 1 aromatic rings. The lowest BCUT2D eigenvalue weighted by atomic mass is 10.1. The van der Waals surface area contributed by atoms with Crippen LogP contribution in [-0.2, 0) is 0 Å². The summed E-state index contributed by atoms with van der Waals surface area (Å²) in [6, 6.07) is 2.32. The molecule has 0 bridgehead atoms. The second-order valence-electron chi connectivity index (χ2n) is 4.24. The zero-order valence-corrected chi connectivity index (χ0v) is 10.9. The van der Waals surface area contributed by atoms with E-state index in [1.807, 2.05) is 6.20 Å². The highest BCUT2D eigenvalue weighted by Gasteiger charge is 2.20. The molecule has 1 atom stereocenters. The Balaban J connectivity index is 2.21. The molecule has 0 aromatic carbocycles. The number of aliphatic hydroxyl groups excluding tert-OH is 1. The molecule has 1 aliphatic rings. The lowest BCUT2D eigenvalue weighted by Gasteiger charge is -2.30. The summed E-state index contributed by atoms with van der Waals surface area (Å²) in [6.45, 7) is 1.25. The third kappa shape index (κ3) is 2.74. The van der Waals surface area contributed by atoms with Crippen molar-refractivity contribution in [2.45, 2.75) is 31.7 Å². The number of pyridine rings is 1. The molecule has 1 saturated heterocycles. The van der Waals surface area contributed by atoms with Crippen LogP contribution in [-0.4, -0.2) is 29.3 Å². The normalized spacial score (nSPS) is 21.9. The SMILES string of the molecule is OCC1CCCCCN1c1cncc(Br)c1. The van der Waals surface area contributed by atoms with Crippen molar-refractivity contribution in [3.8, 4) is 0 Å². The Morgan fingerprint density at radius 1 is 1.38 bits per heavy atom. The van der Waals surface area contributed by atoms with Gasteiger partial charge in [-0.3, -0.25) is 4.98 Å². The highest BCUT2D eigenvalue weighted by atomic mass is 79.9. The molecule has 1 aromatic heterocycles. The fourth-order valence-corrected chi connectivity index (χ4v) is 2.62. The van der Waals surface area contributed by atoms with Crippen molar-refractivity contribution in [1.82, 2.24) is 4.98 Å². The van der Waals surface area contributed by atoms with E-state index in [9.17, 15) is 5.11 Å². The van der Waals surface area contributed by atoms with E-state index < -0.39 is 0 Å². The van der Waals surface area contributed by atoms with Crippen molar-refractivity contribution in [3.63, 3.8) is 0 Å². The van der Waals surface area contributed by atoms with E-state index in [1.165, 1.54) is 19.3 Å². The van der Waals surface area contributed by atoms with Crippen LogP contribution in [0.3, 0.4) is 0 Å². The molecule has 0 radical (unpaired) electrons. The Hall–Kier alpha value is -0.610. The number of hydrogen-bond acceptors (Lipinski definition) is 3. The summed E-state index contributed by atoms with van der Waals surface area (Å²) in [7, 11) is 0. The van der Waals surface area contributed by atoms with Gasteiger partial charge in [0.25, 0.3) is 0 Å². The van der Waals surface area contributed by atoms with E-state index in [0.29, 0.717) is 0 Å². The van der Waals surface area contributed by atoms with Gasteiger partial charge in [0.1, 0.15) is 0 Å². The van der Waals surface area contributed by atoms with Crippen LogP contribution < -0.4 is 4.90 Å². The van der Waals surface area contributed by atoms with Gasteiger partial charge in [-0.25, -0.2) is 0 Å². The van der Waals surface area contributed by atoms with Crippen molar-refractivity contribution < 1.29 is 5.11 Å². The third-order valence-electron chi connectivity index (χ3n) is 3.11. The van der Waals surface area contributed by atoms with Gasteiger partial charge in [0.2, 0.25) is 0 Å². The second-order valence-corrected chi connectivity index (χ2v) is 5.16. The summed E-state index contributed by atoms with van der Waals surface area (Å²) in [5, 5.41) is 9.44. The van der Waals surface area contributed by atoms with Gasteiger partial charge in [0.15, 0.2) is 0 Å². The number of hydrogen-bond donors (Lipinski definition) is 1. The Kier molecular flexibility index (Phi) is 4.18. The number of aromatic nitrogens is 1. The van der Waals surface area contributed by atoms with E-state index in [1.54, 1.807) is 6.20 Å². The summed E-state index contributed by atoms with van der Waals surface area (Å²) < 4.78 is 0.992. The maximum Gasteiger partial charge on any atom is 0.0635 e. The average Bonchev–Trinajstić information content (AvgIpc) is 2.53. The second kappa shape index (κ2) is 5.64. The molecule has 2 rings (SSSR count). The Labute approximate surface area is 105 Å². The molecule has 2 heterocycles. The van der Waals surface area contributed by atoms with E-state index in [4.69, 9.17) is 0 Å². The smallest absolute Gasteiger partial charge is 0.0635 e. The summed E-state index contributed by atoms with van der Waals surface area (Å²) in [4.78, 5) is 6.47. The zero-order valence-electron chi connectivity index (χ0n) is 9.27. The van der Waals surface area contributed by atoms with Crippen molar-refractivity contribution in [2.75, 3.05) is 18.1 Å². The van der Waals surface area contributed by atoms with Gasteiger partial charge in [-0.05, 0) is 34.8 Å². The molecular weight excluding hydrogens is 268 g/mol. The summed E-state index contributed by atoms with van der Waals surface area (Å²) in [6.07, 6.45) is 8.40. The fourth-order valence-electron chi connectivity index (χ4n) is 2.26. The largest absolute Gasteiger partial charge is 0.394 e. The fraction of sp³-hybridized carbons (Fsp3) is 0.583. The first-order valence-corrected chi connectivity index (χ1v) is 6.58. The maximum atomic E-state index is 9.44. The maximum absolute atomic E-state index is 9.44. The van der Waals surface area contributed by atoms with Gasteiger partial charge in [-0.15, -0.1) is 0 Å². The Morgan fingerprint density at radius 2 is 2.25 bits per heavy atom. The summed E-state index contributed by atoms with van der Waals surface area (Å²) >= 11 is 3.44. The van der Waals surface area contributed by atoms with Crippen LogP contribution in [0.5, 0.6) is 0 Å². The molecule has 1 unspecified atom stereocenters. The topological polar surface area (TPSA) is 36.4 Å². The lowest BCUT2D eigenvalue weighted by molar-refractivity contribution is 0.255. The van der Waals surface area contributed by atoms with Crippen LogP contribution in [0.25, 0.3) is 0 Å². The minimum atomic E-state index is 0.229. The molecule has 4 heteroatoms. The van der Waals surface area contributed by atoms with Gasteiger partial charge in [-0.2, -0.15) is 0 Å². The number of nitrogens with zero attached hydrogens (tertiary/aromatic N) is 2. The van der Waals surface area contributed by atoms with Gasteiger partial charge in [0.05, 0.1) is 24.5 Å². The number of aliphatic hydroxyl groups is 1. The number of halogens is 1. The first kappa shape index (κ1) is 11.9. The van der Waals surface area contributed by atoms with Crippen molar-refractivity contribution in [1.29, 1.82) is 0 Å². The monoisotopic (exact) mass is 284 g/mol. The molecule has 0 aliphatic carbocycles. The van der Waals surface area contributed by atoms with Crippen LogP contribution in [0, 0.1) is 0 Å². The minimum Gasteiger partial charge on any atom is -0.394 e. The quantitative estimate of drug-likeness (QED) is 0.907. The first-order valence-electron chi connectivity index (χ1n) is 5.79. The molecule has 0 amide bonds. The van der Waals surface area contributed by atoms with Gasteiger partial charge in [-0.1, -0.05) is 12.8 Å². The summed E-state index contributed by atoms with van der Waals surface area (Å²) in [5.41, 5.74) is 1.11. The van der Waals surface area contributed by atoms with E-state index >= 15 is 0 Å². The standard InChI is InChI=1S/C12H17BrN2O/c13-10-6-12(8-14-7-10)15-5-3-1-2-4-11(15)9-16/h6-8,11,16H,1-5,9H2. The van der Waals surface area contributed by atoms with Gasteiger partial charge >= 0.3 is 0 Å². The molecule has 1 N–H and O–H groups in total. The molecular formula is C12H17BrN2O. The Morgan fingerprint density at radius 3 is 3.00 bits per heavy atom. The van der Waals surface area contributed by atoms with E-state index in [-0.39, 0.29) is 12.6 Å². The predicted molar refractivity (Wildman–Crippen MR) is 68.6 cm³/mol. The minimum absolute atomic E-state index is 0.229. The summed E-state index contributed by atoms with van der Waals surface area (Å²) in [5.74, 6) is 0. The molecule has 0 saturated carbocycles. The lowest BCUT2D eigenvalue weighted by Crippen LogP contribution is -2.37. The van der Waals surface area contributed by atoms with Crippen LogP contribution >= 0.6 is 15.9 Å². The molecule has 0 spiro atoms. The molecule has 1 fully saturated rings. The van der Waals surface area contributed by atoms with Crippen molar-refractivity contribution >= 4 is 21.6 Å². The van der Waals surface area contributed by atoms with Crippen LogP contribution in [0.4, 0.5) is 5.69 Å². The number of anilines is 1. The number of rotatable bonds is 2. The highest BCUT2D eigenvalue weighted by molar-refractivity contribution is 9.10. The van der Waals surface area contributed by atoms with Crippen LogP contribution in [0.1, 0.15) is 25.7 Å². The zero-order chi connectivity index (χ0) is 11.4. The highest BCUT2D eigenvalue weighted by Crippen LogP contribution is 2.25. The third-order valence-corrected chi connectivity index (χ3v) is 3.54. The molecule has 88 valence electrons. The van der Waals surface area contributed by atoms with Gasteiger partial charge < -0.3 is 10.0 Å². The van der Waals surface area contributed by atoms with Gasteiger partial charge in [0, 0.05) is 17.2 Å². The molecule has 1 aliphatic heterocycles. The average molecular weight is 285 g/mol. The van der Waals surface area contributed by atoms with Crippen LogP contribution in [0.2, 0.25) is 0 Å². The molecule has 3 nitrogen and oxygen atoms in total. The van der Waals surface area contributed by atoms with Crippen molar-refractivity contribution in [3.05, 3.63) is 22.9 Å².